The first-order valence-corrected chi connectivity index (χ1v) is 7.91. The summed E-state index contributed by atoms with van der Waals surface area (Å²) < 4.78 is 0. The van der Waals surface area contributed by atoms with Crippen LogP contribution in [0.5, 0.6) is 0 Å². The maximum atomic E-state index is 4.04. The Kier molecular flexibility index (Phi) is 9.35. The molecular weight excluding hydrogens is 259 g/mol. The Bertz CT molecular complexity index is 229. The van der Waals surface area contributed by atoms with E-state index in [1.54, 1.807) is 0 Å². The first-order valence-electron chi connectivity index (χ1n) is 7.91. The fourth-order valence-corrected chi connectivity index (χ4v) is 3.61. The molecule has 0 radical (unpaired) electrons. The molecule has 0 N–H and O–H groups in total. The Labute approximate surface area is 163 Å². The maximum Gasteiger partial charge on any atom is 1.00 e. The molecular formula is C16H31KN2. The van der Waals surface area contributed by atoms with E-state index in [1.165, 1.54) is 64.8 Å². The van der Waals surface area contributed by atoms with Crippen LogP contribution in [0.2, 0.25) is 0 Å². The predicted octanol–water partition coefficient (Wildman–Crippen LogP) is 0.252. The summed E-state index contributed by atoms with van der Waals surface area (Å²) in [5.41, 5.74) is 0. The van der Waals surface area contributed by atoms with Crippen molar-refractivity contribution in [2.75, 3.05) is 32.7 Å². The Morgan fingerprint density at radius 2 is 1.42 bits per heavy atom. The number of likely N-dealkylation sites (tertiary alicyclic amines) is 2. The van der Waals surface area contributed by atoms with E-state index >= 15 is 0 Å². The van der Waals surface area contributed by atoms with E-state index < -0.39 is 0 Å². The van der Waals surface area contributed by atoms with Gasteiger partial charge in [-0.05, 0) is 76.0 Å². The molecule has 0 aromatic heterocycles. The molecule has 0 aromatic rings. The second-order valence-electron chi connectivity index (χ2n) is 6.93. The van der Waals surface area contributed by atoms with Crippen LogP contribution in [-0.4, -0.2) is 42.5 Å². The zero-order chi connectivity index (χ0) is 13.0. The van der Waals surface area contributed by atoms with Gasteiger partial charge in [0.2, 0.25) is 0 Å². The van der Waals surface area contributed by atoms with E-state index in [0.29, 0.717) is 0 Å². The van der Waals surface area contributed by atoms with Gasteiger partial charge in [0.15, 0.2) is 0 Å². The maximum absolute atomic E-state index is 4.04. The van der Waals surface area contributed by atoms with Crippen molar-refractivity contribution in [3.63, 3.8) is 0 Å². The van der Waals surface area contributed by atoms with Gasteiger partial charge in [-0.2, -0.15) is 0 Å². The SMILES string of the molecule is [CH2-]N1CCC(CC2CCN(CC(C)C)CC2)CC1.[K+]. The molecule has 2 aliphatic heterocycles. The molecule has 0 unspecified atom stereocenters. The van der Waals surface area contributed by atoms with Crippen LogP contribution in [0.15, 0.2) is 0 Å². The van der Waals surface area contributed by atoms with E-state index in [1.807, 2.05) is 0 Å². The quantitative estimate of drug-likeness (QED) is 0.541. The third kappa shape index (κ3) is 6.90. The van der Waals surface area contributed by atoms with E-state index in [-0.39, 0.29) is 51.4 Å². The van der Waals surface area contributed by atoms with E-state index in [2.05, 4.69) is 30.7 Å². The largest absolute Gasteiger partial charge is 1.00 e. The van der Waals surface area contributed by atoms with Crippen LogP contribution >= 0.6 is 0 Å². The molecule has 2 fully saturated rings. The zero-order valence-corrected chi connectivity index (χ0v) is 16.5. The van der Waals surface area contributed by atoms with Crippen LogP contribution in [0, 0.1) is 24.8 Å². The van der Waals surface area contributed by atoms with Gasteiger partial charge in [-0.1, -0.05) is 13.8 Å². The Morgan fingerprint density at radius 1 is 0.947 bits per heavy atom. The fourth-order valence-electron chi connectivity index (χ4n) is 3.61. The molecule has 0 amide bonds. The van der Waals surface area contributed by atoms with Crippen molar-refractivity contribution in [1.82, 2.24) is 9.80 Å². The van der Waals surface area contributed by atoms with E-state index in [4.69, 9.17) is 0 Å². The van der Waals surface area contributed by atoms with E-state index in [0.717, 1.165) is 17.8 Å². The predicted molar refractivity (Wildman–Crippen MR) is 78.3 cm³/mol. The molecule has 0 spiro atoms. The third-order valence-corrected chi connectivity index (χ3v) is 4.70. The molecule has 0 aliphatic carbocycles. The van der Waals surface area contributed by atoms with Gasteiger partial charge in [-0.25, -0.2) is 0 Å². The fraction of sp³-hybridized carbons (Fsp3) is 0.938. The first kappa shape index (κ1) is 18.6. The van der Waals surface area contributed by atoms with Crippen molar-refractivity contribution in [1.29, 1.82) is 0 Å². The van der Waals surface area contributed by atoms with Crippen LogP contribution in [0.25, 0.3) is 0 Å². The number of hydrogen-bond acceptors (Lipinski definition) is 2. The van der Waals surface area contributed by atoms with E-state index in [9.17, 15) is 0 Å². The summed E-state index contributed by atoms with van der Waals surface area (Å²) in [6.45, 7) is 11.1. The molecule has 0 bridgehead atoms. The minimum absolute atomic E-state index is 0. The second kappa shape index (κ2) is 9.55. The number of hydrogen-bond donors (Lipinski definition) is 0. The molecule has 2 nitrogen and oxygen atoms in total. The number of piperidine rings is 2. The smallest absolute Gasteiger partial charge is 0.459 e. The van der Waals surface area contributed by atoms with Crippen molar-refractivity contribution in [3.8, 4) is 0 Å². The monoisotopic (exact) mass is 290 g/mol. The Balaban J connectivity index is 0.00000180. The summed E-state index contributed by atoms with van der Waals surface area (Å²) in [6, 6.07) is 0. The molecule has 19 heavy (non-hydrogen) atoms. The van der Waals surface area contributed by atoms with Gasteiger partial charge in [-0.3, -0.25) is 7.05 Å². The number of nitrogens with zero attached hydrogens (tertiary/aromatic N) is 2. The summed E-state index contributed by atoms with van der Waals surface area (Å²) >= 11 is 0. The Hall–Kier alpha value is 1.56. The molecule has 2 aliphatic rings. The summed E-state index contributed by atoms with van der Waals surface area (Å²) in [5, 5.41) is 0. The van der Waals surface area contributed by atoms with Crippen LogP contribution < -0.4 is 51.4 Å². The van der Waals surface area contributed by atoms with Gasteiger partial charge in [0.05, 0.1) is 0 Å². The topological polar surface area (TPSA) is 6.48 Å². The molecule has 0 saturated carbocycles. The molecule has 2 heterocycles. The van der Waals surface area contributed by atoms with Gasteiger partial charge in [-0.15, -0.1) is 0 Å². The normalized spacial score (nSPS) is 24.6. The van der Waals surface area contributed by atoms with Crippen LogP contribution in [0.4, 0.5) is 0 Å². The van der Waals surface area contributed by atoms with Gasteiger partial charge in [0, 0.05) is 6.54 Å². The van der Waals surface area contributed by atoms with Gasteiger partial charge < -0.3 is 9.80 Å². The van der Waals surface area contributed by atoms with Crippen molar-refractivity contribution < 1.29 is 51.4 Å². The minimum Gasteiger partial charge on any atom is -0.459 e. The molecule has 0 aromatic carbocycles. The third-order valence-electron chi connectivity index (χ3n) is 4.70. The number of rotatable bonds is 4. The Morgan fingerprint density at radius 3 is 1.89 bits per heavy atom. The van der Waals surface area contributed by atoms with Crippen LogP contribution in [0.1, 0.15) is 46.0 Å². The summed E-state index contributed by atoms with van der Waals surface area (Å²) in [7, 11) is 4.04. The first-order chi connectivity index (χ1) is 8.63. The van der Waals surface area contributed by atoms with Crippen molar-refractivity contribution >= 4 is 0 Å². The summed E-state index contributed by atoms with van der Waals surface area (Å²) in [4.78, 5) is 4.90. The molecule has 0 atom stereocenters. The average Bonchev–Trinajstić information content (AvgIpc) is 2.34. The van der Waals surface area contributed by atoms with Gasteiger partial charge in [0.1, 0.15) is 0 Å². The van der Waals surface area contributed by atoms with Gasteiger partial charge >= 0.3 is 51.4 Å². The van der Waals surface area contributed by atoms with Crippen molar-refractivity contribution in [2.24, 2.45) is 17.8 Å². The molecule has 2 saturated heterocycles. The molecule has 3 heteroatoms. The van der Waals surface area contributed by atoms with Crippen LogP contribution in [-0.2, 0) is 0 Å². The van der Waals surface area contributed by atoms with Crippen molar-refractivity contribution in [2.45, 2.75) is 46.0 Å². The van der Waals surface area contributed by atoms with Crippen molar-refractivity contribution in [3.05, 3.63) is 7.05 Å². The summed E-state index contributed by atoms with van der Waals surface area (Å²) in [5.74, 6) is 2.82. The molecule has 106 valence electrons. The summed E-state index contributed by atoms with van der Waals surface area (Å²) in [6.07, 6.45) is 7.14. The molecule has 2 rings (SSSR count). The van der Waals surface area contributed by atoms with Crippen LogP contribution in [0.3, 0.4) is 0 Å². The minimum atomic E-state index is 0. The standard InChI is InChI=1S/C16H31N2.K/c1-14(2)13-18-10-6-16(7-11-18)12-15-4-8-17(3)9-5-15;/h14-16H,3-13H2,1-2H3;/q-1;+1. The average molecular weight is 291 g/mol. The van der Waals surface area contributed by atoms with Gasteiger partial charge in [0.25, 0.3) is 0 Å². The zero-order valence-electron chi connectivity index (χ0n) is 13.4. The second-order valence-corrected chi connectivity index (χ2v) is 6.93.